The molecule has 0 bridgehead atoms. The molecule has 1 rings (SSSR count). The van der Waals surface area contributed by atoms with E-state index >= 15 is 0 Å². The summed E-state index contributed by atoms with van der Waals surface area (Å²) in [5, 5.41) is 0. The molecule has 0 radical (unpaired) electrons. The van der Waals surface area contributed by atoms with Gasteiger partial charge in [-0.2, -0.15) is 4.99 Å². The Morgan fingerprint density at radius 2 is 2.07 bits per heavy atom. The van der Waals surface area contributed by atoms with Crippen molar-refractivity contribution in [2.75, 3.05) is 0 Å². The zero-order valence-corrected chi connectivity index (χ0v) is 8.19. The van der Waals surface area contributed by atoms with Crippen LogP contribution in [-0.2, 0) is 4.79 Å². The van der Waals surface area contributed by atoms with Gasteiger partial charge in [0, 0.05) is 10.0 Å². The van der Waals surface area contributed by atoms with E-state index in [9.17, 15) is 18.0 Å². The van der Waals surface area contributed by atoms with Crippen molar-refractivity contribution in [3.63, 3.8) is 0 Å². The molecule has 0 saturated heterocycles. The Hall–Kier alpha value is -1.13. The van der Waals surface area contributed by atoms with E-state index in [1.54, 1.807) is 0 Å². The number of alkyl halides is 2. The predicted octanol–water partition coefficient (Wildman–Crippen LogP) is 3.49. The monoisotopic (exact) mass is 265 g/mol. The van der Waals surface area contributed by atoms with Crippen LogP contribution in [0.25, 0.3) is 0 Å². The molecular formula is C8H3BrF3NO. The molecule has 0 spiro atoms. The molecule has 0 heterocycles. The Labute approximate surface area is 85.6 Å². The number of isocyanates is 1. The highest BCUT2D eigenvalue weighted by atomic mass is 79.9. The molecular weight excluding hydrogens is 263 g/mol. The SMILES string of the molecule is O=C=Nc1c(F)cc(C(F)F)cc1Br. The molecule has 0 unspecified atom stereocenters. The van der Waals surface area contributed by atoms with Gasteiger partial charge in [0.15, 0.2) is 5.82 Å². The van der Waals surface area contributed by atoms with E-state index in [2.05, 4.69) is 20.9 Å². The van der Waals surface area contributed by atoms with Crippen molar-refractivity contribution in [1.82, 2.24) is 0 Å². The van der Waals surface area contributed by atoms with Gasteiger partial charge >= 0.3 is 0 Å². The van der Waals surface area contributed by atoms with Crippen LogP contribution in [0.5, 0.6) is 0 Å². The van der Waals surface area contributed by atoms with Crippen molar-refractivity contribution in [1.29, 1.82) is 0 Å². The molecule has 1 aromatic carbocycles. The van der Waals surface area contributed by atoms with E-state index < -0.39 is 17.8 Å². The van der Waals surface area contributed by atoms with Gasteiger partial charge in [0.25, 0.3) is 6.43 Å². The third-order valence-corrected chi connectivity index (χ3v) is 2.05. The summed E-state index contributed by atoms with van der Waals surface area (Å²) in [5.41, 5.74) is -0.802. The number of benzene rings is 1. The van der Waals surface area contributed by atoms with Crippen LogP contribution in [0.2, 0.25) is 0 Å². The number of halogens is 4. The largest absolute Gasteiger partial charge is 0.263 e. The first-order chi connectivity index (χ1) is 6.56. The molecule has 0 fully saturated rings. The van der Waals surface area contributed by atoms with Gasteiger partial charge < -0.3 is 0 Å². The number of hydrogen-bond acceptors (Lipinski definition) is 2. The van der Waals surface area contributed by atoms with Crippen LogP contribution in [0.4, 0.5) is 18.9 Å². The maximum Gasteiger partial charge on any atom is 0.263 e. The molecule has 0 N–H and O–H groups in total. The van der Waals surface area contributed by atoms with Crippen molar-refractivity contribution in [2.24, 2.45) is 4.99 Å². The van der Waals surface area contributed by atoms with Crippen LogP contribution in [-0.4, -0.2) is 6.08 Å². The summed E-state index contributed by atoms with van der Waals surface area (Å²) in [6, 6.07) is 1.63. The Morgan fingerprint density at radius 1 is 1.43 bits per heavy atom. The fraction of sp³-hybridized carbons (Fsp3) is 0.125. The van der Waals surface area contributed by atoms with E-state index in [1.165, 1.54) is 0 Å². The lowest BCUT2D eigenvalue weighted by atomic mass is 10.2. The molecule has 74 valence electrons. The second kappa shape index (κ2) is 4.39. The van der Waals surface area contributed by atoms with Gasteiger partial charge in [-0.1, -0.05) is 0 Å². The maximum atomic E-state index is 13.0. The van der Waals surface area contributed by atoms with Crippen molar-refractivity contribution in [3.8, 4) is 0 Å². The molecule has 1 aromatic rings. The van der Waals surface area contributed by atoms with E-state index in [4.69, 9.17) is 0 Å². The summed E-state index contributed by atoms with van der Waals surface area (Å²) in [6.45, 7) is 0. The van der Waals surface area contributed by atoms with Crippen molar-refractivity contribution < 1.29 is 18.0 Å². The maximum absolute atomic E-state index is 13.0. The zero-order valence-electron chi connectivity index (χ0n) is 6.60. The molecule has 2 nitrogen and oxygen atoms in total. The first-order valence-corrected chi connectivity index (χ1v) is 4.20. The van der Waals surface area contributed by atoms with E-state index in [0.717, 1.165) is 12.1 Å². The number of rotatable bonds is 2. The summed E-state index contributed by atoms with van der Waals surface area (Å²) in [7, 11) is 0. The molecule has 0 amide bonds. The molecule has 0 aliphatic carbocycles. The van der Waals surface area contributed by atoms with Gasteiger partial charge in [-0.3, -0.25) is 0 Å². The highest BCUT2D eigenvalue weighted by molar-refractivity contribution is 9.10. The molecule has 0 saturated carbocycles. The number of carbonyl (C=O) groups excluding carboxylic acids is 1. The van der Waals surface area contributed by atoms with E-state index in [-0.39, 0.29) is 10.2 Å². The Balaban J connectivity index is 3.31. The summed E-state index contributed by atoms with van der Waals surface area (Å²) >= 11 is 2.82. The summed E-state index contributed by atoms with van der Waals surface area (Å²) in [6.07, 6.45) is -1.64. The highest BCUT2D eigenvalue weighted by Gasteiger charge is 2.14. The third kappa shape index (κ3) is 2.21. The van der Waals surface area contributed by atoms with Crippen molar-refractivity contribution in [3.05, 3.63) is 28.0 Å². The van der Waals surface area contributed by atoms with Crippen LogP contribution < -0.4 is 0 Å². The first kappa shape index (κ1) is 10.9. The lowest BCUT2D eigenvalue weighted by Gasteiger charge is -2.03. The van der Waals surface area contributed by atoms with Crippen LogP contribution in [0.1, 0.15) is 12.0 Å². The number of hydrogen-bond donors (Lipinski definition) is 0. The Bertz CT molecular complexity index is 379. The van der Waals surface area contributed by atoms with Crippen LogP contribution >= 0.6 is 15.9 Å². The van der Waals surface area contributed by atoms with Gasteiger partial charge in [0.05, 0.1) is 0 Å². The van der Waals surface area contributed by atoms with E-state index in [0.29, 0.717) is 6.07 Å². The Kier molecular flexibility index (Phi) is 3.43. The topological polar surface area (TPSA) is 29.4 Å². The number of nitrogens with zero attached hydrogens (tertiary/aromatic N) is 1. The summed E-state index contributed by atoms with van der Waals surface area (Å²) in [4.78, 5) is 12.9. The third-order valence-electron chi connectivity index (χ3n) is 1.45. The van der Waals surface area contributed by atoms with Crippen LogP contribution in [0.3, 0.4) is 0 Å². The normalized spacial score (nSPS) is 10.1. The van der Waals surface area contributed by atoms with Gasteiger partial charge in [-0.05, 0) is 28.1 Å². The van der Waals surface area contributed by atoms with E-state index in [1.807, 2.05) is 0 Å². The molecule has 0 aliphatic heterocycles. The van der Waals surface area contributed by atoms with Gasteiger partial charge in [-0.25, -0.2) is 18.0 Å². The van der Waals surface area contributed by atoms with Crippen LogP contribution in [0.15, 0.2) is 21.6 Å². The second-order valence-electron chi connectivity index (χ2n) is 2.34. The minimum atomic E-state index is -2.77. The highest BCUT2D eigenvalue weighted by Crippen LogP contribution is 2.32. The fourth-order valence-corrected chi connectivity index (χ4v) is 1.41. The van der Waals surface area contributed by atoms with Crippen molar-refractivity contribution in [2.45, 2.75) is 6.43 Å². The summed E-state index contributed by atoms with van der Waals surface area (Å²) in [5.74, 6) is -0.988. The lowest BCUT2D eigenvalue weighted by molar-refractivity contribution is 0.151. The molecule has 0 aliphatic rings. The average molecular weight is 266 g/mol. The quantitative estimate of drug-likeness (QED) is 0.595. The minimum absolute atomic E-state index is 0.00356. The number of aliphatic imine (C=N–C) groups is 1. The lowest BCUT2D eigenvalue weighted by Crippen LogP contribution is -1.87. The minimum Gasteiger partial charge on any atom is -0.211 e. The van der Waals surface area contributed by atoms with Gasteiger partial charge in [0.1, 0.15) is 5.69 Å². The molecule has 6 heteroatoms. The van der Waals surface area contributed by atoms with Crippen LogP contribution in [0, 0.1) is 5.82 Å². The second-order valence-corrected chi connectivity index (χ2v) is 3.19. The molecule has 0 atom stereocenters. The first-order valence-electron chi connectivity index (χ1n) is 3.41. The van der Waals surface area contributed by atoms with Gasteiger partial charge in [0.2, 0.25) is 6.08 Å². The molecule has 0 aromatic heterocycles. The average Bonchev–Trinajstić information content (AvgIpc) is 2.10. The predicted molar refractivity (Wildman–Crippen MR) is 46.8 cm³/mol. The fourth-order valence-electron chi connectivity index (χ4n) is 0.864. The van der Waals surface area contributed by atoms with Gasteiger partial charge in [-0.15, -0.1) is 0 Å². The summed E-state index contributed by atoms with van der Waals surface area (Å²) < 4.78 is 37.3. The smallest absolute Gasteiger partial charge is 0.211 e. The zero-order chi connectivity index (χ0) is 10.7. The Morgan fingerprint density at radius 3 is 2.50 bits per heavy atom. The molecule has 14 heavy (non-hydrogen) atoms. The standard InChI is InChI=1S/C8H3BrF3NO/c9-5-1-4(8(11)12)2-6(10)7(5)13-3-14/h1-2,8H. The van der Waals surface area contributed by atoms with Crippen molar-refractivity contribution >= 4 is 27.7 Å².